The van der Waals surface area contributed by atoms with Gasteiger partial charge in [0.25, 0.3) is 0 Å². The van der Waals surface area contributed by atoms with Crippen LogP contribution in [0.15, 0.2) is 30.3 Å². The lowest BCUT2D eigenvalue weighted by atomic mass is 10.1. The monoisotopic (exact) mass is 354 g/mol. The minimum absolute atomic E-state index is 0.418. The Morgan fingerprint density at radius 3 is 2.65 bits per heavy atom. The molecule has 3 aromatic rings. The molecular formula is C14H11IOS. The number of halogens is 1. The Bertz CT molecular complexity index is 715. The summed E-state index contributed by atoms with van der Waals surface area (Å²) in [5.74, 6) is 0.418. The molecule has 0 saturated carbocycles. The molecule has 0 aliphatic heterocycles. The number of phenols is 1. The van der Waals surface area contributed by atoms with Gasteiger partial charge in [-0.3, -0.25) is 0 Å². The maximum Gasteiger partial charge on any atom is 0.120 e. The number of benzene rings is 2. The maximum absolute atomic E-state index is 9.89. The van der Waals surface area contributed by atoms with E-state index in [9.17, 15) is 5.11 Å². The zero-order valence-electron chi connectivity index (χ0n) is 9.33. The van der Waals surface area contributed by atoms with Crippen LogP contribution in [0.4, 0.5) is 0 Å². The van der Waals surface area contributed by atoms with Crippen molar-refractivity contribution in [3.8, 4) is 5.75 Å². The minimum atomic E-state index is 0.418. The fourth-order valence-electron chi connectivity index (χ4n) is 2.11. The van der Waals surface area contributed by atoms with Crippen molar-refractivity contribution < 1.29 is 5.11 Å². The van der Waals surface area contributed by atoms with Gasteiger partial charge in [-0.1, -0.05) is 13.0 Å². The summed E-state index contributed by atoms with van der Waals surface area (Å²) in [6, 6.07) is 10.5. The molecule has 1 heterocycles. The van der Waals surface area contributed by atoms with Gasteiger partial charge >= 0.3 is 0 Å². The quantitative estimate of drug-likeness (QED) is 0.615. The highest BCUT2D eigenvalue weighted by molar-refractivity contribution is 14.1. The lowest BCUT2D eigenvalue weighted by Gasteiger charge is -2.01. The van der Waals surface area contributed by atoms with Gasteiger partial charge in [0, 0.05) is 23.7 Å². The summed E-state index contributed by atoms with van der Waals surface area (Å²) in [5, 5.41) is 12.4. The molecule has 0 amide bonds. The van der Waals surface area contributed by atoms with E-state index in [2.05, 4.69) is 53.8 Å². The summed E-state index contributed by atoms with van der Waals surface area (Å²) in [5.41, 5.74) is 1.02. The first-order valence-electron chi connectivity index (χ1n) is 5.52. The molecule has 1 nitrogen and oxygen atoms in total. The molecule has 0 aliphatic rings. The molecule has 3 heteroatoms. The van der Waals surface area contributed by atoms with E-state index in [1.54, 1.807) is 11.3 Å². The van der Waals surface area contributed by atoms with Gasteiger partial charge in [-0.05, 0) is 58.8 Å². The summed E-state index contributed by atoms with van der Waals surface area (Å²) >= 11 is 4.08. The average Bonchev–Trinajstić information content (AvgIpc) is 2.63. The summed E-state index contributed by atoms with van der Waals surface area (Å²) < 4.78 is 3.71. The number of aromatic hydroxyl groups is 1. The molecule has 1 aromatic heterocycles. The number of thiophene rings is 1. The summed E-state index contributed by atoms with van der Waals surface area (Å²) in [7, 11) is 0. The zero-order valence-corrected chi connectivity index (χ0v) is 12.3. The average molecular weight is 354 g/mol. The Labute approximate surface area is 117 Å². The smallest absolute Gasteiger partial charge is 0.120 e. The normalized spacial score (nSPS) is 11.4. The lowest BCUT2D eigenvalue weighted by molar-refractivity contribution is 0.470. The highest BCUT2D eigenvalue weighted by atomic mass is 127. The van der Waals surface area contributed by atoms with Crippen LogP contribution in [0.25, 0.3) is 20.2 Å². The molecule has 0 aliphatic carbocycles. The number of hydrogen-bond acceptors (Lipinski definition) is 2. The molecule has 2 aromatic carbocycles. The van der Waals surface area contributed by atoms with Crippen molar-refractivity contribution in [3.05, 3.63) is 39.5 Å². The van der Waals surface area contributed by atoms with Crippen molar-refractivity contribution in [1.82, 2.24) is 0 Å². The van der Waals surface area contributed by atoms with Gasteiger partial charge in [-0.15, -0.1) is 11.3 Å². The van der Waals surface area contributed by atoms with E-state index >= 15 is 0 Å². The Hall–Kier alpha value is -0.810. The van der Waals surface area contributed by atoms with Gasteiger partial charge in [0.1, 0.15) is 5.75 Å². The molecule has 0 unspecified atom stereocenters. The molecule has 0 spiro atoms. The van der Waals surface area contributed by atoms with Crippen LogP contribution in [0, 0.1) is 3.57 Å². The fourth-order valence-corrected chi connectivity index (χ4v) is 3.98. The fraction of sp³-hybridized carbons (Fsp3) is 0.143. The third-order valence-electron chi connectivity index (χ3n) is 3.02. The highest BCUT2D eigenvalue weighted by Gasteiger charge is 2.08. The van der Waals surface area contributed by atoms with Crippen LogP contribution in [0.3, 0.4) is 0 Å². The van der Waals surface area contributed by atoms with Crippen LogP contribution < -0.4 is 0 Å². The molecule has 86 valence electrons. The molecular weight excluding hydrogens is 343 g/mol. The van der Waals surface area contributed by atoms with E-state index in [0.29, 0.717) is 5.75 Å². The highest BCUT2D eigenvalue weighted by Crippen LogP contribution is 2.37. The van der Waals surface area contributed by atoms with E-state index in [-0.39, 0.29) is 0 Å². The van der Waals surface area contributed by atoms with E-state index in [0.717, 1.165) is 16.7 Å². The van der Waals surface area contributed by atoms with Crippen molar-refractivity contribution in [1.29, 1.82) is 0 Å². The summed E-state index contributed by atoms with van der Waals surface area (Å²) in [4.78, 5) is 0. The Balaban J connectivity index is 2.44. The van der Waals surface area contributed by atoms with Crippen LogP contribution >= 0.6 is 33.9 Å². The van der Waals surface area contributed by atoms with E-state index in [1.165, 1.54) is 19.0 Å². The molecule has 0 fully saturated rings. The van der Waals surface area contributed by atoms with E-state index < -0.39 is 0 Å². The van der Waals surface area contributed by atoms with Crippen molar-refractivity contribution in [2.45, 2.75) is 13.3 Å². The van der Waals surface area contributed by atoms with Crippen molar-refractivity contribution in [3.63, 3.8) is 0 Å². The second kappa shape index (κ2) is 4.14. The Morgan fingerprint density at radius 2 is 1.88 bits per heavy atom. The minimum Gasteiger partial charge on any atom is -0.508 e. The van der Waals surface area contributed by atoms with Crippen LogP contribution in [-0.2, 0) is 6.42 Å². The predicted octanol–water partition coefficient (Wildman–Crippen LogP) is 4.93. The van der Waals surface area contributed by atoms with Crippen molar-refractivity contribution >= 4 is 54.1 Å². The van der Waals surface area contributed by atoms with Gasteiger partial charge in [-0.25, -0.2) is 0 Å². The second-order valence-corrected chi connectivity index (χ2v) is 6.40. The topological polar surface area (TPSA) is 20.2 Å². The van der Waals surface area contributed by atoms with E-state index in [4.69, 9.17) is 0 Å². The number of fused-ring (bicyclic) bond motifs is 3. The van der Waals surface area contributed by atoms with Crippen molar-refractivity contribution in [2.24, 2.45) is 0 Å². The molecule has 17 heavy (non-hydrogen) atoms. The largest absolute Gasteiger partial charge is 0.508 e. The number of phenolic OH excluding ortho intramolecular Hbond substituents is 1. The number of aryl methyl sites for hydroxylation is 1. The Morgan fingerprint density at radius 1 is 1.12 bits per heavy atom. The molecule has 1 N–H and O–H groups in total. The predicted molar refractivity (Wildman–Crippen MR) is 83.1 cm³/mol. The Kier molecular flexibility index (Phi) is 2.75. The van der Waals surface area contributed by atoms with Crippen LogP contribution in [0.2, 0.25) is 0 Å². The summed E-state index contributed by atoms with van der Waals surface area (Å²) in [6.07, 6.45) is 0.865. The van der Waals surface area contributed by atoms with Gasteiger partial charge in [-0.2, -0.15) is 0 Å². The standard InChI is InChI=1S/C14H11IOS/c1-2-8-5-11-10-4-3-9(15)6-13(10)17-14(11)7-12(8)16/h3-7,16H,2H2,1H3. The summed E-state index contributed by atoms with van der Waals surface area (Å²) in [6.45, 7) is 2.07. The lowest BCUT2D eigenvalue weighted by Crippen LogP contribution is -1.80. The molecule has 0 atom stereocenters. The first-order chi connectivity index (χ1) is 8.19. The van der Waals surface area contributed by atoms with Gasteiger partial charge in [0.15, 0.2) is 0 Å². The van der Waals surface area contributed by atoms with Gasteiger partial charge in [0.2, 0.25) is 0 Å². The van der Waals surface area contributed by atoms with Gasteiger partial charge < -0.3 is 5.11 Å². The third kappa shape index (κ3) is 1.81. The number of hydrogen-bond donors (Lipinski definition) is 1. The molecule has 0 bridgehead atoms. The number of rotatable bonds is 1. The van der Waals surface area contributed by atoms with Crippen LogP contribution in [0.1, 0.15) is 12.5 Å². The maximum atomic E-state index is 9.89. The van der Waals surface area contributed by atoms with Crippen LogP contribution in [0.5, 0.6) is 5.75 Å². The molecule has 3 rings (SSSR count). The second-order valence-electron chi connectivity index (χ2n) is 4.07. The van der Waals surface area contributed by atoms with E-state index in [1.807, 2.05) is 6.07 Å². The third-order valence-corrected chi connectivity index (χ3v) is 4.80. The molecule has 0 saturated heterocycles. The SMILES string of the molecule is CCc1cc2c(cc1O)sc1cc(I)ccc12. The molecule has 0 radical (unpaired) electrons. The first kappa shape index (κ1) is 11.3. The van der Waals surface area contributed by atoms with Crippen molar-refractivity contribution in [2.75, 3.05) is 0 Å². The first-order valence-corrected chi connectivity index (χ1v) is 7.42. The van der Waals surface area contributed by atoms with Crippen LogP contribution in [-0.4, -0.2) is 5.11 Å². The zero-order chi connectivity index (χ0) is 12.0. The van der Waals surface area contributed by atoms with Gasteiger partial charge in [0.05, 0.1) is 0 Å².